The smallest absolute Gasteiger partial charge is 0.264 e. The molecule has 1 aromatic heterocycles. The van der Waals surface area contributed by atoms with Gasteiger partial charge in [0.25, 0.3) is 5.89 Å². The topological polar surface area (TPSA) is 74.2 Å². The van der Waals surface area contributed by atoms with E-state index in [4.69, 9.17) is 15.0 Å². The van der Waals surface area contributed by atoms with Crippen LogP contribution in [0.25, 0.3) is 0 Å². The maximum atomic E-state index is 6.21. The molecular weight excluding hydrogens is 242 g/mol. The summed E-state index contributed by atoms with van der Waals surface area (Å²) >= 11 is 0. The molecule has 0 saturated carbocycles. The minimum Gasteiger partial charge on any atom is -0.484 e. The van der Waals surface area contributed by atoms with Crippen LogP contribution in [0.5, 0.6) is 5.75 Å². The fourth-order valence-electron chi connectivity index (χ4n) is 1.74. The lowest BCUT2D eigenvalue weighted by Gasteiger charge is -2.21. The Balaban J connectivity index is 2.02. The Bertz CT molecular complexity index is 506. The second kappa shape index (κ2) is 5.84. The van der Waals surface area contributed by atoms with E-state index in [9.17, 15) is 0 Å². The minimum atomic E-state index is -0.519. The predicted molar refractivity (Wildman–Crippen MR) is 71.5 cm³/mol. The average Bonchev–Trinajstić information content (AvgIpc) is 2.95. The molecule has 19 heavy (non-hydrogen) atoms. The van der Waals surface area contributed by atoms with E-state index in [-0.39, 0.29) is 6.61 Å². The largest absolute Gasteiger partial charge is 0.484 e. The molecular formula is C14H19N3O2. The molecule has 2 N–H and O–H groups in total. The number of benzene rings is 1. The zero-order chi connectivity index (χ0) is 13.7. The molecule has 2 aromatic rings. The van der Waals surface area contributed by atoms with Crippen molar-refractivity contribution in [2.24, 2.45) is 5.73 Å². The summed E-state index contributed by atoms with van der Waals surface area (Å²) in [7, 11) is 0. The van der Waals surface area contributed by atoms with Crippen molar-refractivity contribution in [1.82, 2.24) is 10.1 Å². The first-order valence-electron chi connectivity index (χ1n) is 6.47. The van der Waals surface area contributed by atoms with Crippen LogP contribution >= 0.6 is 0 Å². The number of hydrogen-bond acceptors (Lipinski definition) is 5. The van der Waals surface area contributed by atoms with Crippen molar-refractivity contribution in [3.63, 3.8) is 0 Å². The maximum Gasteiger partial charge on any atom is 0.264 e. The van der Waals surface area contributed by atoms with Crippen LogP contribution in [-0.2, 0) is 12.1 Å². The number of rotatable bonds is 6. The normalized spacial score (nSPS) is 11.5. The second-order valence-corrected chi connectivity index (χ2v) is 4.48. The number of ether oxygens (including phenoxy) is 1. The Labute approximate surface area is 112 Å². The van der Waals surface area contributed by atoms with Crippen molar-refractivity contribution in [3.8, 4) is 5.75 Å². The van der Waals surface area contributed by atoms with Crippen molar-refractivity contribution in [2.75, 3.05) is 0 Å². The second-order valence-electron chi connectivity index (χ2n) is 4.48. The highest BCUT2D eigenvalue weighted by Gasteiger charge is 2.28. The zero-order valence-corrected chi connectivity index (χ0v) is 11.3. The van der Waals surface area contributed by atoms with Crippen LogP contribution in [0, 0.1) is 0 Å². The molecule has 0 amide bonds. The molecule has 0 aliphatic carbocycles. The molecule has 0 fully saturated rings. The Morgan fingerprint density at radius 2 is 1.89 bits per heavy atom. The van der Waals surface area contributed by atoms with E-state index in [1.165, 1.54) is 0 Å². The summed E-state index contributed by atoms with van der Waals surface area (Å²) in [4.78, 5) is 4.31. The van der Waals surface area contributed by atoms with Crippen LogP contribution in [-0.4, -0.2) is 10.1 Å². The van der Waals surface area contributed by atoms with Gasteiger partial charge in [-0.25, -0.2) is 0 Å². The first kappa shape index (κ1) is 13.5. The number of nitrogens with zero attached hydrogens (tertiary/aromatic N) is 2. The summed E-state index contributed by atoms with van der Waals surface area (Å²) in [6.07, 6.45) is 1.53. The van der Waals surface area contributed by atoms with E-state index in [0.717, 1.165) is 18.6 Å². The van der Waals surface area contributed by atoms with E-state index in [2.05, 4.69) is 10.1 Å². The summed E-state index contributed by atoms with van der Waals surface area (Å²) in [5, 5.41) is 3.95. The number of nitrogens with two attached hydrogens (primary N) is 1. The predicted octanol–water partition coefficient (Wildman–Crippen LogP) is 2.62. The number of hydrogen-bond donors (Lipinski definition) is 1. The van der Waals surface area contributed by atoms with Gasteiger partial charge in [0.1, 0.15) is 5.75 Å². The van der Waals surface area contributed by atoms with Crippen LogP contribution in [0.2, 0.25) is 0 Å². The van der Waals surface area contributed by atoms with E-state index in [1.54, 1.807) is 0 Å². The molecule has 0 spiro atoms. The van der Waals surface area contributed by atoms with Gasteiger partial charge in [-0.3, -0.25) is 0 Å². The van der Waals surface area contributed by atoms with Crippen molar-refractivity contribution >= 4 is 0 Å². The van der Waals surface area contributed by atoms with Gasteiger partial charge in [-0.15, -0.1) is 0 Å². The Hall–Kier alpha value is -1.88. The third-order valence-electron chi connectivity index (χ3n) is 3.28. The number of aromatic nitrogens is 2. The van der Waals surface area contributed by atoms with Crippen molar-refractivity contribution in [1.29, 1.82) is 0 Å². The average molecular weight is 261 g/mol. The first-order valence-corrected chi connectivity index (χ1v) is 6.47. The number of para-hydroxylation sites is 1. The van der Waals surface area contributed by atoms with Gasteiger partial charge in [0.15, 0.2) is 12.4 Å². The van der Waals surface area contributed by atoms with Gasteiger partial charge in [-0.05, 0) is 25.0 Å². The summed E-state index contributed by atoms with van der Waals surface area (Å²) in [5.41, 5.74) is 5.69. The SMILES string of the molecule is CCC(N)(CC)c1noc(COc2ccccc2)n1. The summed E-state index contributed by atoms with van der Waals surface area (Å²) in [6.45, 7) is 4.28. The molecule has 0 unspecified atom stereocenters. The van der Waals surface area contributed by atoms with Gasteiger partial charge in [-0.1, -0.05) is 37.2 Å². The highest BCUT2D eigenvalue weighted by Crippen LogP contribution is 2.23. The Kier molecular flexibility index (Phi) is 4.16. The van der Waals surface area contributed by atoms with Crippen LogP contribution in [0.3, 0.4) is 0 Å². The van der Waals surface area contributed by atoms with Gasteiger partial charge >= 0.3 is 0 Å². The molecule has 102 valence electrons. The minimum absolute atomic E-state index is 0.251. The maximum absolute atomic E-state index is 6.21. The molecule has 0 atom stereocenters. The third-order valence-corrected chi connectivity index (χ3v) is 3.28. The molecule has 0 aliphatic heterocycles. The first-order chi connectivity index (χ1) is 9.18. The Morgan fingerprint density at radius 1 is 1.21 bits per heavy atom. The van der Waals surface area contributed by atoms with Crippen LogP contribution < -0.4 is 10.5 Å². The summed E-state index contributed by atoms with van der Waals surface area (Å²) < 4.78 is 10.7. The lowest BCUT2D eigenvalue weighted by Crippen LogP contribution is -2.36. The molecule has 0 bridgehead atoms. The molecule has 0 saturated heterocycles. The molecule has 2 rings (SSSR count). The summed E-state index contributed by atoms with van der Waals surface area (Å²) in [5.74, 6) is 1.76. The summed E-state index contributed by atoms with van der Waals surface area (Å²) in [6, 6.07) is 9.51. The highest BCUT2D eigenvalue weighted by atomic mass is 16.5. The molecule has 0 aliphatic rings. The van der Waals surface area contributed by atoms with E-state index in [1.807, 2.05) is 44.2 Å². The van der Waals surface area contributed by atoms with Crippen molar-refractivity contribution in [2.45, 2.75) is 38.8 Å². The van der Waals surface area contributed by atoms with Gasteiger partial charge < -0.3 is 15.0 Å². The van der Waals surface area contributed by atoms with Crippen LogP contribution in [0.1, 0.15) is 38.4 Å². The fourth-order valence-corrected chi connectivity index (χ4v) is 1.74. The zero-order valence-electron chi connectivity index (χ0n) is 11.3. The molecule has 5 nitrogen and oxygen atoms in total. The van der Waals surface area contributed by atoms with Crippen molar-refractivity contribution in [3.05, 3.63) is 42.0 Å². The third kappa shape index (κ3) is 3.12. The van der Waals surface area contributed by atoms with Crippen LogP contribution in [0.4, 0.5) is 0 Å². The van der Waals surface area contributed by atoms with Gasteiger partial charge in [0.2, 0.25) is 0 Å². The van der Waals surface area contributed by atoms with Gasteiger partial charge in [0, 0.05) is 0 Å². The standard InChI is InChI=1S/C14H19N3O2/c1-3-14(15,4-2)13-16-12(19-17-13)10-18-11-8-6-5-7-9-11/h5-9H,3-4,10,15H2,1-2H3. The molecule has 5 heteroatoms. The molecule has 1 heterocycles. The van der Waals surface area contributed by atoms with E-state index < -0.39 is 5.54 Å². The van der Waals surface area contributed by atoms with E-state index in [0.29, 0.717) is 11.7 Å². The van der Waals surface area contributed by atoms with Crippen molar-refractivity contribution < 1.29 is 9.26 Å². The Morgan fingerprint density at radius 3 is 2.53 bits per heavy atom. The molecule has 0 radical (unpaired) electrons. The fraction of sp³-hybridized carbons (Fsp3) is 0.429. The highest BCUT2D eigenvalue weighted by molar-refractivity contribution is 5.20. The van der Waals surface area contributed by atoms with Gasteiger partial charge in [-0.2, -0.15) is 4.98 Å². The lowest BCUT2D eigenvalue weighted by atomic mass is 9.94. The monoisotopic (exact) mass is 261 g/mol. The van der Waals surface area contributed by atoms with Crippen LogP contribution in [0.15, 0.2) is 34.9 Å². The molecule has 1 aromatic carbocycles. The van der Waals surface area contributed by atoms with E-state index >= 15 is 0 Å². The quantitative estimate of drug-likeness (QED) is 0.865. The lowest BCUT2D eigenvalue weighted by molar-refractivity contribution is 0.241. The van der Waals surface area contributed by atoms with Gasteiger partial charge in [0.05, 0.1) is 5.54 Å².